The van der Waals surface area contributed by atoms with Gasteiger partial charge in [0.25, 0.3) is 0 Å². The number of amides is 1. The molecule has 1 heterocycles. The maximum Gasteiger partial charge on any atom is 0.348 e. The second-order valence-electron chi connectivity index (χ2n) is 4.88. The second kappa shape index (κ2) is 8.35. The number of esters is 1. The predicted molar refractivity (Wildman–Crippen MR) is 92.2 cm³/mol. The van der Waals surface area contributed by atoms with Gasteiger partial charge in [-0.05, 0) is 42.3 Å². The Morgan fingerprint density at radius 2 is 1.88 bits per heavy atom. The van der Waals surface area contributed by atoms with Crippen LogP contribution in [0.3, 0.4) is 0 Å². The number of rotatable bonds is 7. The number of ether oxygens (including phenoxy) is 3. The highest BCUT2D eigenvalue weighted by Gasteiger charge is 2.12. The SMILES string of the molecule is COC(=O)c1ccc(NC(=O)CCc2cc(OC)ccc2OC)s1. The molecular formula is C17H19NO5S. The van der Waals surface area contributed by atoms with E-state index in [1.807, 2.05) is 18.2 Å². The molecule has 1 aromatic carbocycles. The zero-order valence-corrected chi connectivity index (χ0v) is 14.6. The second-order valence-corrected chi connectivity index (χ2v) is 5.97. The lowest BCUT2D eigenvalue weighted by Crippen LogP contribution is -2.11. The third-order valence-corrected chi connectivity index (χ3v) is 4.34. The first-order valence-electron chi connectivity index (χ1n) is 7.26. The Morgan fingerprint density at radius 1 is 1.08 bits per heavy atom. The van der Waals surface area contributed by atoms with Gasteiger partial charge in [0.2, 0.25) is 5.91 Å². The monoisotopic (exact) mass is 349 g/mol. The van der Waals surface area contributed by atoms with Gasteiger partial charge in [-0.25, -0.2) is 4.79 Å². The van der Waals surface area contributed by atoms with Gasteiger partial charge in [-0.2, -0.15) is 0 Å². The van der Waals surface area contributed by atoms with E-state index in [2.05, 4.69) is 10.1 Å². The topological polar surface area (TPSA) is 73.9 Å². The van der Waals surface area contributed by atoms with Crippen molar-refractivity contribution in [2.24, 2.45) is 0 Å². The van der Waals surface area contributed by atoms with Crippen LogP contribution >= 0.6 is 11.3 Å². The molecule has 7 heteroatoms. The summed E-state index contributed by atoms with van der Waals surface area (Å²) in [7, 11) is 4.50. The zero-order chi connectivity index (χ0) is 17.5. The number of anilines is 1. The van der Waals surface area contributed by atoms with Gasteiger partial charge in [0.1, 0.15) is 16.4 Å². The van der Waals surface area contributed by atoms with Gasteiger partial charge in [0.15, 0.2) is 0 Å². The first-order chi connectivity index (χ1) is 11.6. The minimum atomic E-state index is -0.415. The highest BCUT2D eigenvalue weighted by atomic mass is 32.1. The van der Waals surface area contributed by atoms with Crippen molar-refractivity contribution in [3.05, 3.63) is 40.8 Å². The molecule has 0 saturated heterocycles. The molecule has 24 heavy (non-hydrogen) atoms. The van der Waals surface area contributed by atoms with Crippen LogP contribution in [-0.2, 0) is 16.0 Å². The maximum atomic E-state index is 12.1. The molecule has 0 saturated carbocycles. The summed E-state index contributed by atoms with van der Waals surface area (Å²) in [6.07, 6.45) is 0.802. The summed E-state index contributed by atoms with van der Waals surface area (Å²) in [4.78, 5) is 23.9. The van der Waals surface area contributed by atoms with Crippen LogP contribution in [0.25, 0.3) is 0 Å². The lowest BCUT2D eigenvalue weighted by Gasteiger charge is -2.10. The molecule has 0 unspecified atom stereocenters. The number of hydrogen-bond acceptors (Lipinski definition) is 6. The van der Waals surface area contributed by atoms with Crippen LogP contribution in [0.15, 0.2) is 30.3 Å². The van der Waals surface area contributed by atoms with Crippen molar-refractivity contribution in [2.45, 2.75) is 12.8 Å². The highest BCUT2D eigenvalue weighted by Crippen LogP contribution is 2.26. The fourth-order valence-electron chi connectivity index (χ4n) is 2.14. The highest BCUT2D eigenvalue weighted by molar-refractivity contribution is 7.18. The Balaban J connectivity index is 1.96. The smallest absolute Gasteiger partial charge is 0.348 e. The van der Waals surface area contributed by atoms with E-state index in [1.54, 1.807) is 26.4 Å². The minimum absolute atomic E-state index is 0.141. The predicted octanol–water partition coefficient (Wildman–Crippen LogP) is 3.12. The summed E-state index contributed by atoms with van der Waals surface area (Å²) in [5.74, 6) is 0.875. The Kier molecular flexibility index (Phi) is 6.20. The number of carbonyl (C=O) groups excluding carboxylic acids is 2. The zero-order valence-electron chi connectivity index (χ0n) is 13.8. The van der Waals surface area contributed by atoms with Gasteiger partial charge in [-0.1, -0.05) is 0 Å². The van der Waals surface area contributed by atoms with E-state index >= 15 is 0 Å². The standard InChI is InChI=1S/C17H19NO5S/c1-21-12-5-6-13(22-2)11(10-12)4-8-15(19)18-16-9-7-14(24-16)17(20)23-3/h5-7,9-10H,4,8H2,1-3H3,(H,18,19). The van der Waals surface area contributed by atoms with Gasteiger partial charge in [-0.15, -0.1) is 11.3 Å². The van der Waals surface area contributed by atoms with Crippen molar-refractivity contribution in [2.75, 3.05) is 26.6 Å². The van der Waals surface area contributed by atoms with Crippen molar-refractivity contribution >= 4 is 28.2 Å². The summed E-state index contributed by atoms with van der Waals surface area (Å²) < 4.78 is 15.1. The Labute approximate surface area is 144 Å². The van der Waals surface area contributed by atoms with Gasteiger partial charge in [-0.3, -0.25) is 4.79 Å². The van der Waals surface area contributed by atoms with Gasteiger partial charge >= 0.3 is 5.97 Å². The molecule has 0 aliphatic rings. The van der Waals surface area contributed by atoms with Crippen molar-refractivity contribution < 1.29 is 23.8 Å². The molecule has 1 amide bonds. The fraction of sp³-hybridized carbons (Fsp3) is 0.294. The van der Waals surface area contributed by atoms with Crippen molar-refractivity contribution in [3.63, 3.8) is 0 Å². The molecule has 0 bridgehead atoms. The fourth-order valence-corrected chi connectivity index (χ4v) is 2.98. The van der Waals surface area contributed by atoms with Gasteiger partial charge in [0.05, 0.1) is 26.3 Å². The van der Waals surface area contributed by atoms with Gasteiger partial charge in [0, 0.05) is 6.42 Å². The molecule has 128 valence electrons. The van der Waals surface area contributed by atoms with Crippen LogP contribution in [0.4, 0.5) is 5.00 Å². The largest absolute Gasteiger partial charge is 0.497 e. The van der Waals surface area contributed by atoms with Crippen LogP contribution in [-0.4, -0.2) is 33.2 Å². The van der Waals surface area contributed by atoms with Crippen LogP contribution in [0.2, 0.25) is 0 Å². The molecule has 6 nitrogen and oxygen atoms in total. The molecule has 0 atom stereocenters. The Morgan fingerprint density at radius 3 is 2.54 bits per heavy atom. The molecule has 0 fully saturated rings. The van der Waals surface area contributed by atoms with Crippen molar-refractivity contribution in [1.29, 1.82) is 0 Å². The molecule has 1 aromatic heterocycles. The Bertz CT molecular complexity index is 726. The summed E-state index contributed by atoms with van der Waals surface area (Å²) in [5.41, 5.74) is 0.897. The van der Waals surface area contributed by atoms with E-state index in [0.717, 1.165) is 5.56 Å². The summed E-state index contributed by atoms with van der Waals surface area (Å²) in [6.45, 7) is 0. The number of hydrogen-bond donors (Lipinski definition) is 1. The molecule has 2 aromatic rings. The summed E-state index contributed by atoms with van der Waals surface area (Å²) in [5, 5.41) is 3.39. The molecule has 0 spiro atoms. The number of aryl methyl sites for hydroxylation is 1. The third kappa shape index (κ3) is 4.48. The molecule has 1 N–H and O–H groups in total. The van der Waals surface area contributed by atoms with Crippen LogP contribution in [0.5, 0.6) is 11.5 Å². The Hall–Kier alpha value is -2.54. The number of nitrogens with one attached hydrogen (secondary N) is 1. The quantitative estimate of drug-likeness (QED) is 0.778. The molecular weight excluding hydrogens is 330 g/mol. The minimum Gasteiger partial charge on any atom is -0.497 e. The van der Waals surface area contributed by atoms with E-state index in [4.69, 9.17) is 9.47 Å². The van der Waals surface area contributed by atoms with E-state index < -0.39 is 5.97 Å². The van der Waals surface area contributed by atoms with Crippen molar-refractivity contribution in [3.8, 4) is 11.5 Å². The first-order valence-corrected chi connectivity index (χ1v) is 8.08. The third-order valence-electron chi connectivity index (χ3n) is 3.36. The number of methoxy groups -OCH3 is 3. The molecule has 0 aliphatic heterocycles. The molecule has 0 radical (unpaired) electrons. The summed E-state index contributed by atoms with van der Waals surface area (Å²) >= 11 is 1.18. The molecule has 0 aliphatic carbocycles. The normalized spacial score (nSPS) is 10.1. The first kappa shape index (κ1) is 17.8. The lowest BCUT2D eigenvalue weighted by atomic mass is 10.1. The lowest BCUT2D eigenvalue weighted by molar-refractivity contribution is -0.116. The maximum absolute atomic E-state index is 12.1. The number of benzene rings is 1. The van der Waals surface area contributed by atoms with Gasteiger partial charge < -0.3 is 19.5 Å². The number of carbonyl (C=O) groups is 2. The molecule has 2 rings (SSSR count). The van der Waals surface area contributed by atoms with E-state index in [1.165, 1.54) is 18.4 Å². The average Bonchev–Trinajstić information content (AvgIpc) is 3.07. The van der Waals surface area contributed by atoms with Crippen molar-refractivity contribution in [1.82, 2.24) is 0 Å². The van der Waals surface area contributed by atoms with Crippen LogP contribution in [0, 0.1) is 0 Å². The average molecular weight is 349 g/mol. The summed E-state index contributed by atoms with van der Waals surface area (Å²) in [6, 6.07) is 8.78. The van der Waals surface area contributed by atoms with E-state index in [0.29, 0.717) is 27.8 Å². The van der Waals surface area contributed by atoms with E-state index in [9.17, 15) is 9.59 Å². The van der Waals surface area contributed by atoms with Crippen LogP contribution < -0.4 is 14.8 Å². The van der Waals surface area contributed by atoms with Crippen LogP contribution in [0.1, 0.15) is 21.7 Å². The van der Waals surface area contributed by atoms with E-state index in [-0.39, 0.29) is 12.3 Å². The number of thiophene rings is 1.